The highest BCUT2D eigenvalue weighted by molar-refractivity contribution is 9.10. The molecular formula is C16H18BrNO. The van der Waals surface area contributed by atoms with Crippen molar-refractivity contribution in [3.8, 4) is 5.75 Å². The summed E-state index contributed by atoms with van der Waals surface area (Å²) in [6.45, 7) is 4.69. The number of rotatable bonds is 4. The predicted octanol–water partition coefficient (Wildman–Crippen LogP) is 4.31. The van der Waals surface area contributed by atoms with Gasteiger partial charge in [-0.3, -0.25) is 0 Å². The first kappa shape index (κ1) is 14.1. The summed E-state index contributed by atoms with van der Waals surface area (Å²) in [5.41, 5.74) is 3.08. The van der Waals surface area contributed by atoms with Crippen molar-refractivity contribution in [2.45, 2.75) is 26.4 Å². The van der Waals surface area contributed by atoms with Crippen LogP contribution in [0.15, 0.2) is 46.9 Å². The van der Waals surface area contributed by atoms with Crippen molar-refractivity contribution in [2.24, 2.45) is 0 Å². The molecule has 0 bridgehead atoms. The number of nitrogens with one attached hydrogen (secondary N) is 1. The molecule has 0 aliphatic rings. The third kappa shape index (κ3) is 3.58. The number of benzene rings is 2. The molecule has 0 amide bonds. The molecule has 0 aromatic heterocycles. The number of phenolic OH excluding ortho intramolecular Hbond substituents is 1. The van der Waals surface area contributed by atoms with Gasteiger partial charge in [-0.15, -0.1) is 0 Å². The molecule has 100 valence electrons. The van der Waals surface area contributed by atoms with Crippen LogP contribution in [-0.2, 0) is 6.54 Å². The molecule has 19 heavy (non-hydrogen) atoms. The normalized spacial score (nSPS) is 12.4. The van der Waals surface area contributed by atoms with Crippen LogP contribution in [0.5, 0.6) is 5.75 Å². The van der Waals surface area contributed by atoms with Gasteiger partial charge in [-0.2, -0.15) is 0 Å². The molecule has 0 aliphatic carbocycles. The average molecular weight is 320 g/mol. The van der Waals surface area contributed by atoms with Crippen molar-refractivity contribution in [1.82, 2.24) is 5.32 Å². The minimum atomic E-state index is 0.244. The topological polar surface area (TPSA) is 32.3 Å². The van der Waals surface area contributed by atoms with Crippen LogP contribution < -0.4 is 5.32 Å². The molecule has 2 nitrogen and oxygen atoms in total. The van der Waals surface area contributed by atoms with E-state index in [0.717, 1.165) is 15.6 Å². The fraction of sp³-hybridized carbons (Fsp3) is 0.250. The highest BCUT2D eigenvalue weighted by Crippen LogP contribution is 2.22. The molecule has 0 heterocycles. The summed E-state index contributed by atoms with van der Waals surface area (Å²) in [5, 5.41) is 13.4. The zero-order valence-corrected chi connectivity index (χ0v) is 12.7. The van der Waals surface area contributed by atoms with E-state index >= 15 is 0 Å². The summed E-state index contributed by atoms with van der Waals surface area (Å²) in [6.07, 6.45) is 0. The van der Waals surface area contributed by atoms with Crippen molar-refractivity contribution >= 4 is 15.9 Å². The summed E-state index contributed by atoms with van der Waals surface area (Å²) in [6, 6.07) is 14.3. The number of halogens is 1. The lowest BCUT2D eigenvalue weighted by Gasteiger charge is -2.15. The largest absolute Gasteiger partial charge is 0.507 e. The molecular weight excluding hydrogens is 302 g/mol. The van der Waals surface area contributed by atoms with Crippen molar-refractivity contribution in [3.05, 3.63) is 63.6 Å². The zero-order chi connectivity index (χ0) is 13.8. The van der Waals surface area contributed by atoms with E-state index < -0.39 is 0 Å². The van der Waals surface area contributed by atoms with Gasteiger partial charge < -0.3 is 10.4 Å². The van der Waals surface area contributed by atoms with Gasteiger partial charge in [0, 0.05) is 22.6 Å². The van der Waals surface area contributed by atoms with Crippen molar-refractivity contribution in [1.29, 1.82) is 0 Å². The van der Waals surface area contributed by atoms with Gasteiger partial charge in [-0.1, -0.05) is 46.3 Å². The highest BCUT2D eigenvalue weighted by Gasteiger charge is 2.07. The van der Waals surface area contributed by atoms with Gasteiger partial charge in [0.15, 0.2) is 0 Å². The van der Waals surface area contributed by atoms with E-state index in [1.54, 1.807) is 0 Å². The first-order valence-corrected chi connectivity index (χ1v) is 7.13. The standard InChI is InChI=1S/C16H18BrNO/c1-11-4-3-5-14(16(11)19)10-18-12(2)13-6-8-15(17)9-7-13/h3-9,12,18-19H,10H2,1-2H3/t12-/m1/s1. The lowest BCUT2D eigenvalue weighted by molar-refractivity contribution is 0.456. The quantitative estimate of drug-likeness (QED) is 0.879. The van der Waals surface area contributed by atoms with Crippen LogP contribution in [0.1, 0.15) is 29.7 Å². The van der Waals surface area contributed by atoms with Gasteiger partial charge in [0.25, 0.3) is 0 Å². The molecule has 2 aromatic rings. The number of aromatic hydroxyl groups is 1. The van der Waals surface area contributed by atoms with E-state index in [2.05, 4.69) is 40.3 Å². The van der Waals surface area contributed by atoms with Gasteiger partial charge in [-0.25, -0.2) is 0 Å². The minimum Gasteiger partial charge on any atom is -0.507 e. The van der Waals surface area contributed by atoms with Crippen molar-refractivity contribution in [2.75, 3.05) is 0 Å². The number of aryl methyl sites for hydroxylation is 1. The fourth-order valence-electron chi connectivity index (χ4n) is 1.99. The summed E-state index contributed by atoms with van der Waals surface area (Å²) in [5.74, 6) is 0.387. The van der Waals surface area contributed by atoms with Crippen LogP contribution in [0.25, 0.3) is 0 Å². The molecule has 0 saturated carbocycles. The smallest absolute Gasteiger partial charge is 0.122 e. The van der Waals surface area contributed by atoms with E-state index in [0.29, 0.717) is 12.3 Å². The summed E-state index contributed by atoms with van der Waals surface area (Å²) >= 11 is 3.43. The third-order valence-corrected chi connectivity index (χ3v) is 3.82. The maximum atomic E-state index is 9.97. The number of hydrogen-bond acceptors (Lipinski definition) is 2. The molecule has 0 spiro atoms. The molecule has 0 radical (unpaired) electrons. The maximum Gasteiger partial charge on any atom is 0.122 e. The van der Waals surface area contributed by atoms with Crippen LogP contribution in [0.4, 0.5) is 0 Å². The monoisotopic (exact) mass is 319 g/mol. The highest BCUT2D eigenvalue weighted by atomic mass is 79.9. The Bertz CT molecular complexity index is 551. The predicted molar refractivity (Wildman–Crippen MR) is 82.2 cm³/mol. The van der Waals surface area contributed by atoms with Crippen molar-refractivity contribution in [3.63, 3.8) is 0 Å². The third-order valence-electron chi connectivity index (χ3n) is 3.29. The van der Waals surface area contributed by atoms with Gasteiger partial charge in [0.05, 0.1) is 0 Å². The lowest BCUT2D eigenvalue weighted by atomic mass is 10.1. The molecule has 1 atom stereocenters. The SMILES string of the molecule is Cc1cccc(CN[C@H](C)c2ccc(Br)cc2)c1O. The molecule has 3 heteroatoms. The van der Waals surface area contributed by atoms with E-state index in [4.69, 9.17) is 0 Å². The first-order valence-electron chi connectivity index (χ1n) is 6.34. The summed E-state index contributed by atoms with van der Waals surface area (Å²) < 4.78 is 1.08. The second-order valence-corrected chi connectivity index (χ2v) is 5.65. The van der Waals surface area contributed by atoms with Gasteiger partial charge >= 0.3 is 0 Å². The lowest BCUT2D eigenvalue weighted by Crippen LogP contribution is -2.18. The van der Waals surface area contributed by atoms with E-state index in [1.165, 1.54) is 5.56 Å². The summed E-state index contributed by atoms with van der Waals surface area (Å²) in [7, 11) is 0. The second kappa shape index (κ2) is 6.22. The van der Waals surface area contributed by atoms with Crippen LogP contribution >= 0.6 is 15.9 Å². The second-order valence-electron chi connectivity index (χ2n) is 4.74. The molecule has 2 rings (SSSR count). The Morgan fingerprint density at radius 3 is 2.53 bits per heavy atom. The molecule has 2 aromatic carbocycles. The Hall–Kier alpha value is -1.32. The Morgan fingerprint density at radius 2 is 1.84 bits per heavy atom. The van der Waals surface area contributed by atoms with E-state index in [9.17, 15) is 5.11 Å². The van der Waals surface area contributed by atoms with E-state index in [1.807, 2.05) is 37.3 Å². The van der Waals surface area contributed by atoms with Gasteiger partial charge in [0.2, 0.25) is 0 Å². The number of para-hydroxylation sites is 1. The van der Waals surface area contributed by atoms with E-state index in [-0.39, 0.29) is 6.04 Å². The number of hydrogen-bond donors (Lipinski definition) is 2. The van der Waals surface area contributed by atoms with Crippen LogP contribution in [0.2, 0.25) is 0 Å². The molecule has 0 fully saturated rings. The Morgan fingerprint density at radius 1 is 1.16 bits per heavy atom. The molecule has 0 unspecified atom stereocenters. The Balaban J connectivity index is 2.02. The molecule has 2 N–H and O–H groups in total. The first-order chi connectivity index (χ1) is 9.08. The minimum absolute atomic E-state index is 0.244. The Kier molecular flexibility index (Phi) is 4.61. The summed E-state index contributed by atoms with van der Waals surface area (Å²) in [4.78, 5) is 0. The maximum absolute atomic E-state index is 9.97. The van der Waals surface area contributed by atoms with Crippen LogP contribution in [-0.4, -0.2) is 5.11 Å². The number of phenols is 1. The fourth-order valence-corrected chi connectivity index (χ4v) is 2.26. The van der Waals surface area contributed by atoms with Gasteiger partial charge in [-0.05, 0) is 37.1 Å². The average Bonchev–Trinajstić information content (AvgIpc) is 2.41. The zero-order valence-electron chi connectivity index (χ0n) is 11.2. The molecule has 0 aliphatic heterocycles. The molecule has 0 saturated heterocycles. The van der Waals surface area contributed by atoms with Gasteiger partial charge in [0.1, 0.15) is 5.75 Å². The van der Waals surface area contributed by atoms with Crippen LogP contribution in [0, 0.1) is 6.92 Å². The Labute approximate surface area is 122 Å². The van der Waals surface area contributed by atoms with Crippen molar-refractivity contribution < 1.29 is 5.11 Å². The van der Waals surface area contributed by atoms with Crippen LogP contribution in [0.3, 0.4) is 0 Å².